The standard InChI is InChI=1S/C70H125N2O6P/c1-6-8-10-12-14-16-18-20-22-24-26-28-30-32-33-34-35-36-37-38-39-40-42-44-46-48-50-52-54-56-58-60-62-64-70(74)71-68(67-78-79(75,76)77-66-65-72(3,4)5)69(73)63-61-59-57-55-53-51-49-47-45-43-41-31-29-27-25-23-21-19-17-15-13-11-9-7-2/h8,10,14,16,20,22,26,28,32-33,35-36,38-39,42,44,61,63,68-69,73H,6-7,9,11-13,15,17-19,21,23-25,27,29-31,34,37,40-41,43,45-60,62,64-67H2,1-5H3,(H-,71,74,75,76)/b10-8-,16-14-,22-20-,28-26-,33-32-,36-35-,39-38-,44-42-,63-61+. The number of quaternary nitrogens is 1. The third kappa shape index (κ3) is 62.6. The molecule has 0 radical (unpaired) electrons. The Balaban J connectivity index is 4.19. The number of phosphoric acid groups is 1. The number of unbranched alkanes of at least 4 members (excludes halogenated alkanes) is 30. The summed E-state index contributed by atoms with van der Waals surface area (Å²) in [5.74, 6) is -0.208. The molecule has 0 fully saturated rings. The summed E-state index contributed by atoms with van der Waals surface area (Å²) in [5.41, 5.74) is 0. The van der Waals surface area contributed by atoms with Crippen LogP contribution in [0.3, 0.4) is 0 Å². The van der Waals surface area contributed by atoms with Gasteiger partial charge in [0.25, 0.3) is 7.82 Å². The predicted molar refractivity (Wildman–Crippen MR) is 343 cm³/mol. The lowest BCUT2D eigenvalue weighted by molar-refractivity contribution is -0.870. The second-order valence-electron chi connectivity index (χ2n) is 23.1. The van der Waals surface area contributed by atoms with E-state index < -0.39 is 20.0 Å². The molecule has 0 aromatic rings. The molecule has 9 heteroatoms. The topological polar surface area (TPSA) is 108 Å². The highest BCUT2D eigenvalue weighted by Gasteiger charge is 2.23. The molecular formula is C70H125N2O6P. The fourth-order valence-corrected chi connectivity index (χ4v) is 9.89. The van der Waals surface area contributed by atoms with Crippen LogP contribution in [0.25, 0.3) is 0 Å². The van der Waals surface area contributed by atoms with Gasteiger partial charge in [-0.1, -0.05) is 297 Å². The van der Waals surface area contributed by atoms with Crippen molar-refractivity contribution in [2.45, 2.75) is 289 Å². The smallest absolute Gasteiger partial charge is 0.268 e. The summed E-state index contributed by atoms with van der Waals surface area (Å²) in [7, 11) is 1.25. The van der Waals surface area contributed by atoms with Crippen LogP contribution in [0.15, 0.2) is 109 Å². The molecule has 0 bridgehead atoms. The summed E-state index contributed by atoms with van der Waals surface area (Å²) >= 11 is 0. The Morgan fingerprint density at radius 1 is 0.456 bits per heavy atom. The Kier molecular flexibility index (Phi) is 57.6. The first kappa shape index (κ1) is 76.2. The SMILES string of the molecule is CC/C=C\C/C=C\C/C=C\C/C=C\C/C=C\C/C=C\C/C=C\C/C=C\CCCCCCCCCCC(=O)NC(COP(=O)([O-])OCC[N+](C)(C)C)C(O)/C=C/CCCCCCCCCCCCCCCCCCCCCCCC. The van der Waals surface area contributed by atoms with Crippen LogP contribution < -0.4 is 10.2 Å². The molecule has 0 saturated carbocycles. The van der Waals surface area contributed by atoms with Crippen LogP contribution in [0.1, 0.15) is 277 Å². The van der Waals surface area contributed by atoms with Gasteiger partial charge in [-0.3, -0.25) is 9.36 Å². The number of carbonyl (C=O) groups is 1. The first-order valence-corrected chi connectivity index (χ1v) is 34.2. The van der Waals surface area contributed by atoms with Crippen LogP contribution in [0.5, 0.6) is 0 Å². The molecule has 0 saturated heterocycles. The van der Waals surface area contributed by atoms with E-state index in [4.69, 9.17) is 9.05 Å². The first-order chi connectivity index (χ1) is 38.5. The molecule has 2 N–H and O–H groups in total. The van der Waals surface area contributed by atoms with Crippen molar-refractivity contribution in [1.29, 1.82) is 0 Å². The van der Waals surface area contributed by atoms with Crippen LogP contribution >= 0.6 is 7.82 Å². The number of hydrogen-bond acceptors (Lipinski definition) is 6. The van der Waals surface area contributed by atoms with E-state index in [9.17, 15) is 19.4 Å². The van der Waals surface area contributed by atoms with E-state index in [1.54, 1.807) is 6.08 Å². The van der Waals surface area contributed by atoms with E-state index in [0.717, 1.165) is 103 Å². The summed E-state index contributed by atoms with van der Waals surface area (Å²) < 4.78 is 23.4. The number of amides is 1. The second-order valence-corrected chi connectivity index (χ2v) is 24.5. The zero-order chi connectivity index (χ0) is 57.7. The third-order valence-corrected chi connectivity index (χ3v) is 15.2. The minimum Gasteiger partial charge on any atom is -0.756 e. The Labute approximate surface area is 489 Å². The number of aliphatic hydroxyl groups excluding tert-OH is 1. The van der Waals surface area contributed by atoms with Crippen molar-refractivity contribution in [3.8, 4) is 0 Å². The highest BCUT2D eigenvalue weighted by atomic mass is 31.2. The Morgan fingerprint density at radius 3 is 1.13 bits per heavy atom. The molecule has 456 valence electrons. The molecule has 1 amide bonds. The van der Waals surface area contributed by atoms with E-state index in [0.29, 0.717) is 17.4 Å². The zero-order valence-corrected chi connectivity index (χ0v) is 52.9. The van der Waals surface area contributed by atoms with Gasteiger partial charge in [0.05, 0.1) is 39.9 Å². The van der Waals surface area contributed by atoms with Crippen molar-refractivity contribution in [2.24, 2.45) is 0 Å². The first-order valence-electron chi connectivity index (χ1n) is 32.7. The molecule has 0 spiro atoms. The highest BCUT2D eigenvalue weighted by Crippen LogP contribution is 2.38. The maximum Gasteiger partial charge on any atom is 0.268 e. The minimum atomic E-state index is -4.61. The van der Waals surface area contributed by atoms with Crippen LogP contribution in [-0.4, -0.2) is 68.5 Å². The molecule has 0 aliphatic rings. The second kappa shape index (κ2) is 59.8. The van der Waals surface area contributed by atoms with E-state index in [1.165, 1.54) is 154 Å². The number of aliphatic hydroxyl groups is 1. The lowest BCUT2D eigenvalue weighted by Gasteiger charge is -2.29. The van der Waals surface area contributed by atoms with E-state index >= 15 is 0 Å². The Hall–Kier alpha value is -2.84. The third-order valence-electron chi connectivity index (χ3n) is 14.2. The normalized spacial score (nSPS) is 14.5. The van der Waals surface area contributed by atoms with Crippen LogP contribution in [0, 0.1) is 0 Å². The molecule has 0 rings (SSSR count). The number of carbonyl (C=O) groups excluding carboxylic acids is 1. The summed E-state index contributed by atoms with van der Waals surface area (Å²) in [6, 6.07) is -0.900. The van der Waals surface area contributed by atoms with Crippen molar-refractivity contribution in [3.05, 3.63) is 109 Å². The lowest BCUT2D eigenvalue weighted by atomic mass is 10.0. The van der Waals surface area contributed by atoms with Gasteiger partial charge in [-0.25, -0.2) is 0 Å². The summed E-state index contributed by atoms with van der Waals surface area (Å²) in [6.07, 6.45) is 87.5. The van der Waals surface area contributed by atoms with Crippen LogP contribution in [0.2, 0.25) is 0 Å². The minimum absolute atomic E-state index is 0.00756. The molecule has 3 unspecified atom stereocenters. The van der Waals surface area contributed by atoms with Gasteiger partial charge in [0.15, 0.2) is 0 Å². The van der Waals surface area contributed by atoms with Crippen molar-refractivity contribution in [1.82, 2.24) is 5.32 Å². The molecule has 0 aliphatic heterocycles. The molecule has 0 heterocycles. The van der Waals surface area contributed by atoms with E-state index in [1.807, 2.05) is 27.2 Å². The summed E-state index contributed by atoms with van der Waals surface area (Å²) in [6.45, 7) is 4.55. The maximum atomic E-state index is 13.0. The highest BCUT2D eigenvalue weighted by molar-refractivity contribution is 7.45. The van der Waals surface area contributed by atoms with Gasteiger partial charge in [0.2, 0.25) is 5.91 Å². The molecule has 8 nitrogen and oxygen atoms in total. The molecule has 0 aliphatic carbocycles. The largest absolute Gasteiger partial charge is 0.756 e. The number of likely N-dealkylation sites (N-methyl/N-ethyl adjacent to an activating group) is 1. The quantitative estimate of drug-likeness (QED) is 0.0272. The van der Waals surface area contributed by atoms with Crippen molar-refractivity contribution < 1.29 is 32.9 Å². The predicted octanol–water partition coefficient (Wildman–Crippen LogP) is 20.1. The molecular weight excluding hydrogens is 996 g/mol. The van der Waals surface area contributed by atoms with Gasteiger partial charge in [-0.15, -0.1) is 0 Å². The van der Waals surface area contributed by atoms with E-state index in [2.05, 4.69) is 116 Å². The summed E-state index contributed by atoms with van der Waals surface area (Å²) in [4.78, 5) is 25.6. The number of nitrogens with one attached hydrogen (secondary N) is 1. The summed E-state index contributed by atoms with van der Waals surface area (Å²) in [5, 5.41) is 13.9. The number of hydrogen-bond donors (Lipinski definition) is 2. The van der Waals surface area contributed by atoms with Gasteiger partial charge >= 0.3 is 0 Å². The average molecular weight is 1120 g/mol. The van der Waals surface area contributed by atoms with Crippen molar-refractivity contribution in [2.75, 3.05) is 40.9 Å². The number of allylic oxidation sites excluding steroid dienone is 17. The molecule has 0 aromatic heterocycles. The Bertz CT molecular complexity index is 1650. The lowest BCUT2D eigenvalue weighted by Crippen LogP contribution is -2.45. The molecule has 79 heavy (non-hydrogen) atoms. The zero-order valence-electron chi connectivity index (χ0n) is 52.0. The number of phosphoric ester groups is 1. The van der Waals surface area contributed by atoms with E-state index in [-0.39, 0.29) is 19.1 Å². The average Bonchev–Trinajstić information content (AvgIpc) is 3.42. The van der Waals surface area contributed by atoms with Crippen molar-refractivity contribution >= 4 is 13.7 Å². The molecule has 3 atom stereocenters. The van der Waals surface area contributed by atoms with Gasteiger partial charge < -0.3 is 28.8 Å². The fraction of sp³-hybridized carbons (Fsp3) is 0.729. The Morgan fingerprint density at radius 2 is 0.772 bits per heavy atom. The molecule has 0 aromatic carbocycles. The van der Waals surface area contributed by atoms with Crippen LogP contribution in [-0.2, 0) is 18.4 Å². The van der Waals surface area contributed by atoms with Gasteiger partial charge in [0.1, 0.15) is 13.2 Å². The maximum absolute atomic E-state index is 13.0. The van der Waals surface area contributed by atoms with Gasteiger partial charge in [-0.2, -0.15) is 0 Å². The fourth-order valence-electron chi connectivity index (χ4n) is 9.17. The van der Waals surface area contributed by atoms with Gasteiger partial charge in [-0.05, 0) is 83.5 Å². The number of nitrogens with zero attached hydrogens (tertiary/aromatic N) is 1. The monoisotopic (exact) mass is 1120 g/mol. The number of rotatable bonds is 59. The van der Waals surface area contributed by atoms with Crippen molar-refractivity contribution in [3.63, 3.8) is 0 Å². The van der Waals surface area contributed by atoms with Crippen LogP contribution in [0.4, 0.5) is 0 Å². The van der Waals surface area contributed by atoms with Gasteiger partial charge in [0, 0.05) is 6.42 Å².